The maximum Gasteiger partial charge on any atom is 0.496 e. The predicted molar refractivity (Wildman–Crippen MR) is 87.7 cm³/mol. The van der Waals surface area contributed by atoms with E-state index in [0.717, 1.165) is 12.8 Å². The van der Waals surface area contributed by atoms with Gasteiger partial charge in [-0.25, -0.2) is 0 Å². The van der Waals surface area contributed by atoms with Gasteiger partial charge in [-0.05, 0) is 58.7 Å². The number of carbonyl (C=O) groups excluding carboxylic acids is 1. The first-order valence-corrected chi connectivity index (χ1v) is 8.03. The highest BCUT2D eigenvalue weighted by molar-refractivity contribution is 6.65. The summed E-state index contributed by atoms with van der Waals surface area (Å²) in [5.41, 5.74) is 0.408. The zero-order valence-electron chi connectivity index (χ0n) is 13.4. The molecule has 4 nitrogen and oxygen atoms in total. The van der Waals surface area contributed by atoms with Crippen molar-refractivity contribution in [1.82, 2.24) is 5.32 Å². The minimum Gasteiger partial charge on any atom is -0.399 e. The van der Waals surface area contributed by atoms with Crippen molar-refractivity contribution in [2.45, 2.75) is 57.8 Å². The Labute approximate surface area is 136 Å². The molecule has 118 valence electrons. The van der Waals surface area contributed by atoms with Crippen molar-refractivity contribution in [2.75, 3.05) is 0 Å². The standard InChI is InChI=1S/C16H21BClNO3/c1-15(2)16(3,4)22-17(21-15)12-9-10(5-8-13(12)18)14(20)19-11-6-7-11/h5,8-9,11H,6-7H2,1-4H3,(H,19,20). The molecule has 22 heavy (non-hydrogen) atoms. The van der Waals surface area contributed by atoms with Crippen molar-refractivity contribution in [1.29, 1.82) is 0 Å². The van der Waals surface area contributed by atoms with Crippen LogP contribution in [0.15, 0.2) is 18.2 Å². The molecule has 3 rings (SSSR count). The molecular weight excluding hydrogens is 300 g/mol. The van der Waals surface area contributed by atoms with E-state index >= 15 is 0 Å². The zero-order chi connectivity index (χ0) is 16.1. The molecule has 1 heterocycles. The van der Waals surface area contributed by atoms with Crippen LogP contribution in [0.3, 0.4) is 0 Å². The minimum absolute atomic E-state index is 0.0723. The lowest BCUT2D eigenvalue weighted by atomic mass is 9.78. The van der Waals surface area contributed by atoms with Crippen LogP contribution in [0.5, 0.6) is 0 Å². The summed E-state index contributed by atoms with van der Waals surface area (Å²) >= 11 is 6.29. The van der Waals surface area contributed by atoms with Gasteiger partial charge >= 0.3 is 7.12 Å². The second-order valence-corrected chi connectivity index (χ2v) is 7.48. The van der Waals surface area contributed by atoms with Crippen molar-refractivity contribution in [3.8, 4) is 0 Å². The van der Waals surface area contributed by atoms with E-state index in [2.05, 4.69) is 5.32 Å². The lowest BCUT2D eigenvalue weighted by Gasteiger charge is -2.32. The van der Waals surface area contributed by atoms with Gasteiger partial charge in [0.2, 0.25) is 0 Å². The third kappa shape index (κ3) is 2.90. The summed E-state index contributed by atoms with van der Waals surface area (Å²) < 4.78 is 12.0. The Morgan fingerprint density at radius 1 is 1.23 bits per heavy atom. The molecular formula is C16H21BClNO3. The first-order chi connectivity index (χ1) is 10.2. The third-order valence-electron chi connectivity index (χ3n) is 4.68. The molecule has 1 aliphatic heterocycles. The Hall–Kier alpha value is -1.04. The van der Waals surface area contributed by atoms with E-state index in [1.165, 1.54) is 0 Å². The smallest absolute Gasteiger partial charge is 0.399 e. The molecule has 1 aromatic carbocycles. The quantitative estimate of drug-likeness (QED) is 0.870. The van der Waals surface area contributed by atoms with E-state index in [-0.39, 0.29) is 5.91 Å². The molecule has 0 aromatic heterocycles. The van der Waals surface area contributed by atoms with Gasteiger partial charge in [-0.3, -0.25) is 4.79 Å². The Morgan fingerprint density at radius 3 is 2.36 bits per heavy atom. The summed E-state index contributed by atoms with van der Waals surface area (Å²) in [4.78, 5) is 12.2. The summed E-state index contributed by atoms with van der Waals surface area (Å²) in [6, 6.07) is 5.55. The summed E-state index contributed by atoms with van der Waals surface area (Å²) in [5.74, 6) is -0.0723. The Kier molecular flexibility index (Phi) is 3.79. The largest absolute Gasteiger partial charge is 0.496 e. The highest BCUT2D eigenvalue weighted by Gasteiger charge is 2.52. The van der Waals surface area contributed by atoms with Crippen molar-refractivity contribution < 1.29 is 14.1 Å². The van der Waals surface area contributed by atoms with Gasteiger partial charge in [-0.2, -0.15) is 0 Å². The SMILES string of the molecule is CC1(C)OB(c2cc(C(=O)NC3CC3)ccc2Cl)OC1(C)C. The molecule has 1 saturated heterocycles. The van der Waals surface area contributed by atoms with Crippen molar-refractivity contribution >= 4 is 30.1 Å². The lowest BCUT2D eigenvalue weighted by molar-refractivity contribution is 0.00578. The summed E-state index contributed by atoms with van der Waals surface area (Å²) in [6.07, 6.45) is 2.12. The molecule has 1 aliphatic carbocycles. The van der Waals surface area contributed by atoms with E-state index in [1.54, 1.807) is 18.2 Å². The molecule has 6 heteroatoms. The highest BCUT2D eigenvalue weighted by atomic mass is 35.5. The van der Waals surface area contributed by atoms with Gasteiger partial charge in [-0.15, -0.1) is 0 Å². The number of amides is 1. The molecule has 0 bridgehead atoms. The average molecular weight is 322 g/mol. The van der Waals surface area contributed by atoms with Crippen LogP contribution >= 0.6 is 11.6 Å². The number of benzene rings is 1. The van der Waals surface area contributed by atoms with Crippen LogP contribution in [0.2, 0.25) is 5.02 Å². The van der Waals surface area contributed by atoms with Crippen molar-refractivity contribution in [3.05, 3.63) is 28.8 Å². The molecule has 0 spiro atoms. The van der Waals surface area contributed by atoms with Crippen LogP contribution < -0.4 is 10.8 Å². The van der Waals surface area contributed by atoms with E-state index in [0.29, 0.717) is 22.1 Å². The van der Waals surface area contributed by atoms with Gasteiger partial charge < -0.3 is 14.6 Å². The van der Waals surface area contributed by atoms with Crippen molar-refractivity contribution in [3.63, 3.8) is 0 Å². The van der Waals surface area contributed by atoms with Crippen LogP contribution in [-0.2, 0) is 9.31 Å². The molecule has 1 N–H and O–H groups in total. The maximum absolute atomic E-state index is 12.2. The number of nitrogens with one attached hydrogen (secondary N) is 1. The second kappa shape index (κ2) is 5.26. The van der Waals surface area contributed by atoms with Gasteiger partial charge in [0.1, 0.15) is 0 Å². The summed E-state index contributed by atoms with van der Waals surface area (Å²) in [6.45, 7) is 7.96. The Balaban J connectivity index is 1.86. The number of halogens is 1. The monoisotopic (exact) mass is 321 g/mol. The summed E-state index contributed by atoms with van der Waals surface area (Å²) in [5, 5.41) is 3.52. The third-order valence-corrected chi connectivity index (χ3v) is 5.02. The van der Waals surface area contributed by atoms with Crippen LogP contribution in [0.1, 0.15) is 50.9 Å². The Morgan fingerprint density at radius 2 is 1.82 bits per heavy atom. The fraction of sp³-hybridized carbons (Fsp3) is 0.562. The van der Waals surface area contributed by atoms with Crippen LogP contribution in [-0.4, -0.2) is 30.3 Å². The summed E-state index contributed by atoms with van der Waals surface area (Å²) in [7, 11) is -0.564. The second-order valence-electron chi connectivity index (χ2n) is 7.07. The molecule has 2 fully saturated rings. The first kappa shape index (κ1) is 15.8. The highest BCUT2D eigenvalue weighted by Crippen LogP contribution is 2.37. The van der Waals surface area contributed by atoms with Crippen LogP contribution in [0.25, 0.3) is 0 Å². The van der Waals surface area contributed by atoms with Crippen molar-refractivity contribution in [2.24, 2.45) is 0 Å². The molecule has 0 unspecified atom stereocenters. The molecule has 1 amide bonds. The van der Waals surface area contributed by atoms with E-state index < -0.39 is 18.3 Å². The van der Waals surface area contributed by atoms with E-state index in [1.807, 2.05) is 27.7 Å². The van der Waals surface area contributed by atoms with E-state index in [4.69, 9.17) is 20.9 Å². The Bertz CT molecular complexity index is 597. The van der Waals surface area contributed by atoms with Gasteiger partial charge in [-0.1, -0.05) is 11.6 Å². The molecule has 1 aromatic rings. The van der Waals surface area contributed by atoms with Gasteiger partial charge in [0.25, 0.3) is 5.91 Å². The molecule has 2 aliphatic rings. The number of carbonyl (C=O) groups is 1. The lowest BCUT2D eigenvalue weighted by Crippen LogP contribution is -2.41. The molecule has 0 atom stereocenters. The zero-order valence-corrected chi connectivity index (χ0v) is 14.2. The predicted octanol–water partition coefficient (Wildman–Crippen LogP) is 2.53. The minimum atomic E-state index is -0.564. The van der Waals surface area contributed by atoms with Gasteiger partial charge in [0, 0.05) is 22.1 Å². The number of hydrogen-bond donors (Lipinski definition) is 1. The molecule has 1 saturated carbocycles. The number of rotatable bonds is 3. The number of hydrogen-bond acceptors (Lipinski definition) is 3. The van der Waals surface area contributed by atoms with Crippen LogP contribution in [0.4, 0.5) is 0 Å². The van der Waals surface area contributed by atoms with Crippen LogP contribution in [0, 0.1) is 0 Å². The van der Waals surface area contributed by atoms with Gasteiger partial charge in [0.15, 0.2) is 0 Å². The average Bonchev–Trinajstić information content (AvgIpc) is 3.17. The molecule has 0 radical (unpaired) electrons. The normalized spacial score (nSPS) is 22.7. The fourth-order valence-corrected chi connectivity index (χ4v) is 2.54. The topological polar surface area (TPSA) is 47.6 Å². The fourth-order valence-electron chi connectivity index (χ4n) is 2.33. The van der Waals surface area contributed by atoms with E-state index in [9.17, 15) is 4.79 Å². The maximum atomic E-state index is 12.2. The van der Waals surface area contributed by atoms with Gasteiger partial charge in [0.05, 0.1) is 11.2 Å². The first-order valence-electron chi connectivity index (χ1n) is 7.65.